The van der Waals surface area contributed by atoms with Crippen LogP contribution in [0.1, 0.15) is 37.4 Å². The molecule has 2 aromatic carbocycles. The molecule has 0 radical (unpaired) electrons. The summed E-state index contributed by atoms with van der Waals surface area (Å²) in [4.78, 5) is 0. The van der Waals surface area contributed by atoms with Crippen molar-refractivity contribution in [1.82, 2.24) is 5.32 Å². The van der Waals surface area contributed by atoms with Crippen LogP contribution in [0.3, 0.4) is 0 Å². The summed E-state index contributed by atoms with van der Waals surface area (Å²) < 4.78 is 13.5. The average Bonchev–Trinajstić information content (AvgIpc) is 2.52. The first kappa shape index (κ1) is 15.2. The molecule has 0 spiro atoms. The highest BCUT2D eigenvalue weighted by atomic mass is 19.1. The number of benzene rings is 2. The normalized spacial score (nSPS) is 11.9. The molecular weight excluding hydrogens is 263 g/mol. The molecule has 0 saturated heterocycles. The zero-order valence-electron chi connectivity index (χ0n) is 12.4. The fourth-order valence-corrected chi connectivity index (χ4v) is 2.26. The van der Waals surface area contributed by atoms with Gasteiger partial charge >= 0.3 is 0 Å². The quantitative estimate of drug-likeness (QED) is 0.881. The molecule has 0 saturated carbocycles. The van der Waals surface area contributed by atoms with Crippen molar-refractivity contribution in [2.24, 2.45) is 0 Å². The van der Waals surface area contributed by atoms with Gasteiger partial charge in [0.15, 0.2) is 0 Å². The highest BCUT2D eigenvalue weighted by Crippen LogP contribution is 2.24. The maximum atomic E-state index is 13.5. The summed E-state index contributed by atoms with van der Waals surface area (Å²) in [6.07, 6.45) is 1.10. The first-order chi connectivity index (χ1) is 10.1. The monoisotopic (exact) mass is 282 g/mol. The van der Waals surface area contributed by atoms with Crippen LogP contribution in [0, 0.1) is 17.1 Å². The molecule has 1 unspecified atom stereocenters. The number of halogens is 1. The van der Waals surface area contributed by atoms with Gasteiger partial charge < -0.3 is 5.32 Å². The van der Waals surface area contributed by atoms with Crippen LogP contribution in [0.4, 0.5) is 4.39 Å². The van der Waals surface area contributed by atoms with Crippen molar-refractivity contribution < 1.29 is 4.39 Å². The minimum absolute atomic E-state index is 0.293. The van der Waals surface area contributed by atoms with Crippen molar-refractivity contribution in [1.29, 1.82) is 5.26 Å². The molecule has 0 aliphatic carbocycles. The van der Waals surface area contributed by atoms with Crippen LogP contribution in [-0.4, -0.2) is 6.54 Å². The summed E-state index contributed by atoms with van der Waals surface area (Å²) in [6, 6.07) is 14.7. The van der Waals surface area contributed by atoms with Crippen LogP contribution in [0.2, 0.25) is 0 Å². The standard InChI is InChI=1S/C18H19FN2/c1-3-8-21-13(2)15-4-6-16(7-5-15)17-9-14(12-20)10-18(19)11-17/h4-7,9-11,13,21H,3,8H2,1-2H3. The van der Waals surface area contributed by atoms with Gasteiger partial charge in [-0.15, -0.1) is 0 Å². The molecule has 108 valence electrons. The van der Waals surface area contributed by atoms with Gasteiger partial charge in [0.25, 0.3) is 0 Å². The highest BCUT2D eigenvalue weighted by molar-refractivity contribution is 5.65. The number of hydrogen-bond acceptors (Lipinski definition) is 2. The molecule has 0 bridgehead atoms. The molecule has 1 N–H and O–H groups in total. The van der Waals surface area contributed by atoms with Crippen LogP contribution < -0.4 is 5.32 Å². The van der Waals surface area contributed by atoms with E-state index in [2.05, 4.69) is 19.2 Å². The van der Waals surface area contributed by atoms with E-state index in [1.165, 1.54) is 17.7 Å². The van der Waals surface area contributed by atoms with Gasteiger partial charge in [-0.05, 0) is 54.8 Å². The second-order valence-electron chi connectivity index (χ2n) is 5.14. The number of nitriles is 1. The smallest absolute Gasteiger partial charge is 0.125 e. The highest BCUT2D eigenvalue weighted by Gasteiger charge is 2.06. The Morgan fingerprint density at radius 2 is 1.86 bits per heavy atom. The predicted octanol–water partition coefficient (Wildman–Crippen LogP) is 4.42. The van der Waals surface area contributed by atoms with Crippen molar-refractivity contribution in [2.45, 2.75) is 26.3 Å². The van der Waals surface area contributed by atoms with Gasteiger partial charge in [-0.1, -0.05) is 31.2 Å². The van der Waals surface area contributed by atoms with Gasteiger partial charge in [0.05, 0.1) is 11.6 Å². The molecule has 0 aliphatic rings. The largest absolute Gasteiger partial charge is 0.310 e. The van der Waals surface area contributed by atoms with Crippen LogP contribution in [0.25, 0.3) is 11.1 Å². The Balaban J connectivity index is 2.23. The Bertz CT molecular complexity index is 641. The third-order valence-electron chi connectivity index (χ3n) is 3.47. The van der Waals surface area contributed by atoms with Crippen molar-refractivity contribution in [2.75, 3.05) is 6.54 Å². The summed E-state index contributed by atoms with van der Waals surface area (Å²) in [5, 5.41) is 12.3. The van der Waals surface area contributed by atoms with E-state index in [0.717, 1.165) is 24.1 Å². The maximum Gasteiger partial charge on any atom is 0.125 e. The molecule has 0 fully saturated rings. The fraction of sp³-hybridized carbons (Fsp3) is 0.278. The Morgan fingerprint density at radius 3 is 2.48 bits per heavy atom. The molecular formula is C18H19FN2. The first-order valence-electron chi connectivity index (χ1n) is 7.18. The fourth-order valence-electron chi connectivity index (χ4n) is 2.26. The van der Waals surface area contributed by atoms with Crippen LogP contribution >= 0.6 is 0 Å². The Labute approximate surface area is 125 Å². The maximum absolute atomic E-state index is 13.5. The van der Waals surface area contributed by atoms with Gasteiger partial charge in [-0.2, -0.15) is 5.26 Å². The molecule has 0 heterocycles. The summed E-state index contributed by atoms with van der Waals surface area (Å²) in [6.45, 7) is 5.25. The lowest BCUT2D eigenvalue weighted by Crippen LogP contribution is -2.19. The first-order valence-corrected chi connectivity index (χ1v) is 7.18. The summed E-state index contributed by atoms with van der Waals surface area (Å²) in [5.74, 6) is -0.383. The number of nitrogens with zero attached hydrogens (tertiary/aromatic N) is 1. The summed E-state index contributed by atoms with van der Waals surface area (Å²) >= 11 is 0. The minimum Gasteiger partial charge on any atom is -0.310 e. The molecule has 2 nitrogen and oxygen atoms in total. The van der Waals surface area contributed by atoms with E-state index in [0.29, 0.717) is 11.6 Å². The zero-order chi connectivity index (χ0) is 15.2. The van der Waals surface area contributed by atoms with Gasteiger partial charge in [0, 0.05) is 6.04 Å². The van der Waals surface area contributed by atoms with E-state index in [4.69, 9.17) is 5.26 Å². The van der Waals surface area contributed by atoms with Crippen molar-refractivity contribution in [3.63, 3.8) is 0 Å². The number of hydrogen-bond donors (Lipinski definition) is 1. The van der Waals surface area contributed by atoms with Gasteiger partial charge in [-0.25, -0.2) is 4.39 Å². The van der Waals surface area contributed by atoms with Crippen molar-refractivity contribution in [3.05, 3.63) is 59.4 Å². The van der Waals surface area contributed by atoms with Crippen molar-refractivity contribution in [3.8, 4) is 17.2 Å². The lowest BCUT2D eigenvalue weighted by atomic mass is 10.00. The Morgan fingerprint density at radius 1 is 1.14 bits per heavy atom. The molecule has 0 aliphatic heterocycles. The molecule has 0 aromatic heterocycles. The average molecular weight is 282 g/mol. The third kappa shape index (κ3) is 3.90. The van der Waals surface area contributed by atoms with E-state index >= 15 is 0 Å². The lowest BCUT2D eigenvalue weighted by molar-refractivity contribution is 0.571. The molecule has 3 heteroatoms. The summed E-state index contributed by atoms with van der Waals surface area (Å²) in [7, 11) is 0. The van der Waals surface area contributed by atoms with E-state index in [1.807, 2.05) is 30.3 Å². The summed E-state index contributed by atoms with van der Waals surface area (Å²) in [5.41, 5.74) is 3.18. The molecule has 1 atom stereocenters. The molecule has 2 rings (SSSR count). The van der Waals surface area contributed by atoms with Crippen LogP contribution in [0.15, 0.2) is 42.5 Å². The van der Waals surface area contributed by atoms with E-state index in [-0.39, 0.29) is 5.82 Å². The number of rotatable bonds is 5. The van der Waals surface area contributed by atoms with Gasteiger partial charge in [-0.3, -0.25) is 0 Å². The third-order valence-corrected chi connectivity index (χ3v) is 3.47. The van der Waals surface area contributed by atoms with E-state index < -0.39 is 0 Å². The Hall–Kier alpha value is -2.18. The molecule has 2 aromatic rings. The molecule has 21 heavy (non-hydrogen) atoms. The van der Waals surface area contributed by atoms with Gasteiger partial charge in [0.1, 0.15) is 5.82 Å². The minimum atomic E-state index is -0.383. The van der Waals surface area contributed by atoms with Gasteiger partial charge in [0.2, 0.25) is 0 Å². The zero-order valence-corrected chi connectivity index (χ0v) is 12.4. The van der Waals surface area contributed by atoms with E-state index in [9.17, 15) is 4.39 Å². The second-order valence-corrected chi connectivity index (χ2v) is 5.14. The topological polar surface area (TPSA) is 35.8 Å². The van der Waals surface area contributed by atoms with Crippen molar-refractivity contribution >= 4 is 0 Å². The second kappa shape index (κ2) is 7.01. The lowest BCUT2D eigenvalue weighted by Gasteiger charge is -2.14. The predicted molar refractivity (Wildman–Crippen MR) is 83.3 cm³/mol. The molecule has 0 amide bonds. The van der Waals surface area contributed by atoms with E-state index in [1.54, 1.807) is 6.07 Å². The Kier molecular flexibility index (Phi) is 5.08. The SMILES string of the molecule is CCCNC(C)c1ccc(-c2cc(F)cc(C#N)c2)cc1. The van der Waals surface area contributed by atoms with Crippen LogP contribution in [0.5, 0.6) is 0 Å². The number of nitrogens with one attached hydrogen (secondary N) is 1. The van der Waals surface area contributed by atoms with Crippen LogP contribution in [-0.2, 0) is 0 Å².